The van der Waals surface area contributed by atoms with Crippen LogP contribution in [0.15, 0.2) is 43.0 Å². The lowest BCUT2D eigenvalue weighted by molar-refractivity contribution is 1.14. The van der Waals surface area contributed by atoms with Crippen LogP contribution in [0.1, 0.15) is 18.1 Å². The highest BCUT2D eigenvalue weighted by molar-refractivity contribution is 14.1. The van der Waals surface area contributed by atoms with Crippen molar-refractivity contribution >= 4 is 36.9 Å². The van der Waals surface area contributed by atoms with E-state index in [-0.39, 0.29) is 0 Å². The molecule has 0 fully saturated rings. The molecule has 0 atom stereocenters. The fraction of sp³-hybridized carbons (Fsp3) is 0.143. The zero-order chi connectivity index (χ0) is 10.8. The van der Waals surface area contributed by atoms with Crippen LogP contribution in [0.25, 0.3) is 14.4 Å². The van der Waals surface area contributed by atoms with Crippen LogP contribution in [-0.4, -0.2) is 0 Å². The molecule has 0 aliphatic carbocycles. The molecule has 15 heavy (non-hydrogen) atoms. The number of aryl methyl sites for hydroxylation is 1. The van der Waals surface area contributed by atoms with Crippen LogP contribution < -0.4 is 0 Å². The van der Waals surface area contributed by atoms with E-state index in [0.717, 1.165) is 10.0 Å². The normalized spacial score (nSPS) is 10.5. The Hall–Kier alpha value is -0.830. The van der Waals surface area contributed by atoms with Crippen LogP contribution in [0.3, 0.4) is 0 Å². The molecule has 0 heterocycles. The van der Waals surface area contributed by atoms with Gasteiger partial charge in [-0.05, 0) is 50.9 Å². The van der Waals surface area contributed by atoms with Gasteiger partial charge in [-0.15, -0.1) is 0 Å². The highest BCUT2D eigenvalue weighted by atomic mass is 127. The molecule has 0 amide bonds. The lowest BCUT2D eigenvalue weighted by atomic mass is 10.00. The molecule has 0 spiro atoms. The van der Waals surface area contributed by atoms with Crippen LogP contribution in [0.4, 0.5) is 0 Å². The van der Waals surface area contributed by atoms with Gasteiger partial charge in [-0.3, -0.25) is 0 Å². The maximum absolute atomic E-state index is 4.04. The van der Waals surface area contributed by atoms with E-state index in [1.165, 1.54) is 21.9 Å². The molecule has 76 valence electrons. The van der Waals surface area contributed by atoms with Crippen LogP contribution in [0.5, 0.6) is 0 Å². The summed E-state index contributed by atoms with van der Waals surface area (Å²) in [6.07, 6.45) is 1.07. The summed E-state index contributed by atoms with van der Waals surface area (Å²) in [4.78, 5) is 0. The summed E-state index contributed by atoms with van der Waals surface area (Å²) in [7, 11) is 0. The fourth-order valence-corrected chi connectivity index (χ4v) is 2.25. The van der Waals surface area contributed by atoms with Crippen molar-refractivity contribution in [3.63, 3.8) is 0 Å². The molecule has 0 unspecified atom stereocenters. The third-order valence-electron chi connectivity index (χ3n) is 2.62. The van der Waals surface area contributed by atoms with E-state index in [2.05, 4.69) is 72.5 Å². The second kappa shape index (κ2) is 4.35. The van der Waals surface area contributed by atoms with Gasteiger partial charge in [-0.1, -0.05) is 49.9 Å². The molecule has 0 aromatic heterocycles. The number of halogens is 1. The molecule has 1 heteroatoms. The minimum absolute atomic E-state index is 1.07. The highest BCUT2D eigenvalue weighted by Crippen LogP contribution is 2.29. The van der Waals surface area contributed by atoms with Gasteiger partial charge in [0.1, 0.15) is 0 Å². The quantitative estimate of drug-likeness (QED) is 0.699. The van der Waals surface area contributed by atoms with Gasteiger partial charge < -0.3 is 0 Å². The lowest BCUT2D eigenvalue weighted by Crippen LogP contribution is -1.86. The van der Waals surface area contributed by atoms with Crippen LogP contribution in [0.2, 0.25) is 0 Å². The minimum Gasteiger partial charge on any atom is -0.0850 e. The largest absolute Gasteiger partial charge is 0.0850 e. The number of benzene rings is 2. The molecular weight excluding hydrogens is 295 g/mol. The molecule has 2 aromatic carbocycles. The van der Waals surface area contributed by atoms with Gasteiger partial charge >= 0.3 is 0 Å². The molecule has 0 saturated carbocycles. The average Bonchev–Trinajstić information content (AvgIpc) is 2.27. The Kier molecular flexibility index (Phi) is 3.10. The van der Waals surface area contributed by atoms with Crippen molar-refractivity contribution in [2.45, 2.75) is 13.3 Å². The maximum Gasteiger partial charge on any atom is 0.0137 e. The topological polar surface area (TPSA) is 0 Å². The first-order chi connectivity index (χ1) is 7.22. The van der Waals surface area contributed by atoms with Crippen molar-refractivity contribution in [3.05, 3.63) is 54.1 Å². The number of rotatable bonds is 2. The van der Waals surface area contributed by atoms with E-state index >= 15 is 0 Å². The zero-order valence-corrected chi connectivity index (χ0v) is 10.9. The summed E-state index contributed by atoms with van der Waals surface area (Å²) >= 11 is 2.29. The smallest absolute Gasteiger partial charge is 0.0137 e. The number of hydrogen-bond donors (Lipinski definition) is 0. The van der Waals surface area contributed by atoms with Gasteiger partial charge in [0.15, 0.2) is 0 Å². The summed E-state index contributed by atoms with van der Waals surface area (Å²) in [6.45, 7) is 6.22. The Balaban J connectivity index is 2.80. The minimum atomic E-state index is 1.07. The Morgan fingerprint density at radius 2 is 2.00 bits per heavy atom. The molecule has 2 aromatic rings. The molecule has 0 aliphatic heterocycles. The standard InChI is InChI=1S/C14H13I/c1-3-11-8-12-6-4-5-7-13(12)14(9-11)10(2)15/h4-9H,2-3H2,1H3. The Labute approximate surface area is 104 Å². The van der Waals surface area contributed by atoms with Gasteiger partial charge in [-0.2, -0.15) is 0 Å². The Morgan fingerprint density at radius 1 is 1.27 bits per heavy atom. The van der Waals surface area contributed by atoms with Gasteiger partial charge in [0.2, 0.25) is 0 Å². The summed E-state index contributed by atoms with van der Waals surface area (Å²) < 4.78 is 1.11. The monoisotopic (exact) mass is 308 g/mol. The molecule has 0 N–H and O–H groups in total. The number of fused-ring (bicyclic) bond motifs is 1. The Morgan fingerprint density at radius 3 is 2.67 bits per heavy atom. The first-order valence-electron chi connectivity index (χ1n) is 5.09. The Bertz CT molecular complexity index is 512. The van der Waals surface area contributed by atoms with Crippen molar-refractivity contribution in [3.8, 4) is 0 Å². The average molecular weight is 308 g/mol. The van der Waals surface area contributed by atoms with Gasteiger partial charge in [-0.25, -0.2) is 0 Å². The molecule has 2 rings (SSSR count). The van der Waals surface area contributed by atoms with Gasteiger partial charge in [0.25, 0.3) is 0 Å². The summed E-state index contributed by atoms with van der Waals surface area (Å²) in [5.41, 5.74) is 2.65. The van der Waals surface area contributed by atoms with E-state index < -0.39 is 0 Å². The third-order valence-corrected chi connectivity index (χ3v) is 3.20. The highest BCUT2D eigenvalue weighted by Gasteiger charge is 2.04. The van der Waals surface area contributed by atoms with Crippen LogP contribution >= 0.6 is 22.6 Å². The SMILES string of the molecule is C=C(I)c1cc(CC)cc2ccccc12. The van der Waals surface area contributed by atoms with Crippen LogP contribution in [-0.2, 0) is 6.42 Å². The summed E-state index contributed by atoms with van der Waals surface area (Å²) in [5.74, 6) is 0. The molecule has 0 radical (unpaired) electrons. The first kappa shape index (κ1) is 10.7. The molecule has 0 saturated heterocycles. The predicted octanol–water partition coefficient (Wildman–Crippen LogP) is 4.81. The third kappa shape index (κ3) is 2.07. The maximum atomic E-state index is 4.04. The molecular formula is C14H13I. The van der Waals surface area contributed by atoms with Crippen molar-refractivity contribution in [1.29, 1.82) is 0 Å². The predicted molar refractivity (Wildman–Crippen MR) is 76.4 cm³/mol. The van der Waals surface area contributed by atoms with Gasteiger partial charge in [0.05, 0.1) is 0 Å². The summed E-state index contributed by atoms with van der Waals surface area (Å²) in [5, 5.41) is 2.61. The fourth-order valence-electron chi connectivity index (χ4n) is 1.80. The molecule has 0 nitrogen and oxygen atoms in total. The lowest BCUT2D eigenvalue weighted by Gasteiger charge is -2.08. The number of hydrogen-bond acceptors (Lipinski definition) is 0. The van der Waals surface area contributed by atoms with Crippen molar-refractivity contribution in [1.82, 2.24) is 0 Å². The van der Waals surface area contributed by atoms with E-state index in [4.69, 9.17) is 0 Å². The molecule has 0 aliphatic rings. The van der Waals surface area contributed by atoms with E-state index in [0.29, 0.717) is 0 Å². The second-order valence-corrected chi connectivity index (χ2v) is 4.93. The van der Waals surface area contributed by atoms with E-state index in [9.17, 15) is 0 Å². The summed E-state index contributed by atoms with van der Waals surface area (Å²) in [6, 6.07) is 13.0. The van der Waals surface area contributed by atoms with E-state index in [1.54, 1.807) is 0 Å². The van der Waals surface area contributed by atoms with Crippen LogP contribution in [0, 0.1) is 0 Å². The van der Waals surface area contributed by atoms with Crippen molar-refractivity contribution < 1.29 is 0 Å². The van der Waals surface area contributed by atoms with E-state index in [1.807, 2.05) is 0 Å². The zero-order valence-electron chi connectivity index (χ0n) is 8.76. The first-order valence-corrected chi connectivity index (χ1v) is 6.16. The van der Waals surface area contributed by atoms with Crippen molar-refractivity contribution in [2.24, 2.45) is 0 Å². The second-order valence-electron chi connectivity index (χ2n) is 3.62. The van der Waals surface area contributed by atoms with Gasteiger partial charge in [0, 0.05) is 3.58 Å². The molecule has 0 bridgehead atoms. The van der Waals surface area contributed by atoms with Crippen molar-refractivity contribution in [2.75, 3.05) is 0 Å².